The van der Waals surface area contributed by atoms with E-state index in [0.717, 1.165) is 5.76 Å². The van der Waals surface area contributed by atoms with Gasteiger partial charge in [-0.1, -0.05) is 20.8 Å². The molecule has 0 spiro atoms. The highest BCUT2D eigenvalue weighted by Gasteiger charge is 2.25. The number of carbonyl (C=O) groups excluding carboxylic acids is 1. The molecule has 0 aliphatic carbocycles. The number of ether oxygens (including phenoxy) is 2. The first-order valence-corrected chi connectivity index (χ1v) is 6.19. The Labute approximate surface area is 114 Å². The summed E-state index contributed by atoms with van der Waals surface area (Å²) in [6, 6.07) is 1.91. The molecule has 0 radical (unpaired) electrons. The van der Waals surface area contributed by atoms with Gasteiger partial charge in [0.05, 0.1) is 6.61 Å². The molecular weight excluding hydrogens is 242 g/mol. The molecular formula is C15H19NO3. The molecule has 0 N–H and O–H groups in total. The average Bonchev–Trinajstić information content (AvgIpc) is 2.28. The van der Waals surface area contributed by atoms with Crippen molar-refractivity contribution in [2.24, 2.45) is 5.41 Å². The van der Waals surface area contributed by atoms with Gasteiger partial charge < -0.3 is 9.47 Å². The van der Waals surface area contributed by atoms with Crippen molar-refractivity contribution in [1.82, 2.24) is 0 Å². The second-order valence-corrected chi connectivity index (χ2v) is 5.28. The third-order valence-electron chi connectivity index (χ3n) is 2.54. The summed E-state index contributed by atoms with van der Waals surface area (Å²) >= 11 is 0. The van der Waals surface area contributed by atoms with Gasteiger partial charge in [-0.25, -0.2) is 4.79 Å². The van der Waals surface area contributed by atoms with Crippen molar-refractivity contribution < 1.29 is 14.3 Å². The Hall–Kier alpha value is -2.02. The number of esters is 1. The maximum absolute atomic E-state index is 11.7. The zero-order valence-corrected chi connectivity index (χ0v) is 12.0. The minimum absolute atomic E-state index is 0.00579. The van der Waals surface area contributed by atoms with Crippen LogP contribution in [0.5, 0.6) is 0 Å². The number of nitriles is 1. The highest BCUT2D eigenvalue weighted by Crippen LogP contribution is 2.33. The molecule has 0 aromatic rings. The standard InChI is InChI=1S/C15H19NO3/c1-6-18-14(17)12(9-16)11-7-10(2)19-13(8-11)15(3,4)5/h7-8H,6H2,1-5H3/b12-11-. The van der Waals surface area contributed by atoms with Crippen LogP contribution in [-0.4, -0.2) is 12.6 Å². The van der Waals surface area contributed by atoms with Crippen LogP contribution in [0.25, 0.3) is 0 Å². The lowest BCUT2D eigenvalue weighted by atomic mass is 9.90. The van der Waals surface area contributed by atoms with E-state index in [1.807, 2.05) is 26.8 Å². The molecule has 0 aromatic heterocycles. The predicted octanol–water partition coefficient (Wildman–Crippen LogP) is 3.23. The topological polar surface area (TPSA) is 59.3 Å². The fourth-order valence-electron chi connectivity index (χ4n) is 1.58. The van der Waals surface area contributed by atoms with Crippen molar-refractivity contribution in [3.8, 4) is 6.07 Å². The van der Waals surface area contributed by atoms with Gasteiger partial charge in [0.25, 0.3) is 0 Å². The second kappa shape index (κ2) is 5.75. The monoisotopic (exact) mass is 261 g/mol. The summed E-state index contributed by atoms with van der Waals surface area (Å²) in [6.45, 7) is 9.76. The van der Waals surface area contributed by atoms with E-state index >= 15 is 0 Å². The molecule has 1 aliphatic rings. The van der Waals surface area contributed by atoms with Crippen LogP contribution in [0.2, 0.25) is 0 Å². The van der Waals surface area contributed by atoms with Crippen LogP contribution in [0, 0.1) is 16.7 Å². The molecule has 1 rings (SSSR count). The van der Waals surface area contributed by atoms with E-state index in [1.165, 1.54) is 0 Å². The molecule has 1 aliphatic heterocycles. The Morgan fingerprint density at radius 1 is 1.42 bits per heavy atom. The molecule has 0 saturated heterocycles. The lowest BCUT2D eigenvalue weighted by Gasteiger charge is -2.26. The molecule has 0 unspecified atom stereocenters. The first-order chi connectivity index (χ1) is 8.79. The highest BCUT2D eigenvalue weighted by atomic mass is 16.5. The van der Waals surface area contributed by atoms with Gasteiger partial charge in [0.1, 0.15) is 23.2 Å². The largest absolute Gasteiger partial charge is 0.466 e. The van der Waals surface area contributed by atoms with Crippen molar-refractivity contribution in [3.63, 3.8) is 0 Å². The molecule has 19 heavy (non-hydrogen) atoms. The maximum Gasteiger partial charge on any atom is 0.349 e. The number of hydrogen-bond acceptors (Lipinski definition) is 4. The van der Waals surface area contributed by atoms with Crippen LogP contribution in [0.1, 0.15) is 34.6 Å². The number of rotatable bonds is 2. The van der Waals surface area contributed by atoms with Crippen molar-refractivity contribution in [1.29, 1.82) is 5.26 Å². The van der Waals surface area contributed by atoms with Gasteiger partial charge in [0.2, 0.25) is 0 Å². The Bertz CT molecular complexity index is 510. The SMILES string of the molecule is CCOC(=O)/C(C#N)=C1/C=C(C)OC(C(C)(C)C)=C1. The number of nitrogens with zero attached hydrogens (tertiary/aromatic N) is 1. The molecule has 1 heterocycles. The third-order valence-corrected chi connectivity index (χ3v) is 2.54. The van der Waals surface area contributed by atoms with Gasteiger partial charge in [-0.15, -0.1) is 0 Å². The first kappa shape index (κ1) is 15.0. The summed E-state index contributed by atoms with van der Waals surface area (Å²) in [5.74, 6) is 0.773. The van der Waals surface area contributed by atoms with E-state index in [4.69, 9.17) is 14.7 Å². The van der Waals surface area contributed by atoms with Crippen LogP contribution in [-0.2, 0) is 14.3 Å². The summed E-state index contributed by atoms with van der Waals surface area (Å²) in [4.78, 5) is 11.7. The fraction of sp³-hybridized carbons (Fsp3) is 0.467. The van der Waals surface area contributed by atoms with Crippen molar-refractivity contribution in [2.75, 3.05) is 6.61 Å². The summed E-state index contributed by atoms with van der Waals surface area (Å²) in [6.07, 6.45) is 3.40. The van der Waals surface area contributed by atoms with E-state index < -0.39 is 5.97 Å². The molecule has 0 atom stereocenters. The van der Waals surface area contributed by atoms with Gasteiger partial charge >= 0.3 is 5.97 Å². The number of carbonyl (C=O) groups is 1. The van der Waals surface area contributed by atoms with E-state index in [1.54, 1.807) is 26.0 Å². The Morgan fingerprint density at radius 2 is 2.05 bits per heavy atom. The molecule has 4 nitrogen and oxygen atoms in total. The quantitative estimate of drug-likeness (QED) is 0.435. The zero-order chi connectivity index (χ0) is 14.6. The lowest BCUT2D eigenvalue weighted by molar-refractivity contribution is -0.138. The normalized spacial score (nSPS) is 17.7. The molecule has 0 fully saturated rings. The highest BCUT2D eigenvalue weighted by molar-refractivity contribution is 5.95. The van der Waals surface area contributed by atoms with Crippen LogP contribution in [0.3, 0.4) is 0 Å². The van der Waals surface area contributed by atoms with Crippen LogP contribution in [0.4, 0.5) is 0 Å². The smallest absolute Gasteiger partial charge is 0.349 e. The Morgan fingerprint density at radius 3 is 2.53 bits per heavy atom. The number of allylic oxidation sites excluding steroid dienone is 5. The van der Waals surface area contributed by atoms with E-state index in [2.05, 4.69) is 0 Å². The van der Waals surface area contributed by atoms with Gasteiger partial charge in [0, 0.05) is 11.0 Å². The number of hydrogen-bond donors (Lipinski definition) is 0. The summed E-state index contributed by atoms with van der Waals surface area (Å²) < 4.78 is 10.5. The van der Waals surface area contributed by atoms with Gasteiger partial charge in [-0.2, -0.15) is 5.26 Å². The summed E-state index contributed by atoms with van der Waals surface area (Å²) in [5.41, 5.74) is 0.344. The van der Waals surface area contributed by atoms with Crippen molar-refractivity contribution >= 4 is 5.97 Å². The molecule has 102 valence electrons. The minimum Gasteiger partial charge on any atom is -0.466 e. The van der Waals surface area contributed by atoms with Crippen LogP contribution in [0.15, 0.2) is 34.8 Å². The van der Waals surface area contributed by atoms with Gasteiger partial charge in [0.15, 0.2) is 0 Å². The van der Waals surface area contributed by atoms with Crippen molar-refractivity contribution in [3.05, 3.63) is 34.8 Å². The second-order valence-electron chi connectivity index (χ2n) is 5.28. The summed E-state index contributed by atoms with van der Waals surface area (Å²) in [5, 5.41) is 9.14. The molecule has 0 amide bonds. The fourth-order valence-corrected chi connectivity index (χ4v) is 1.58. The van der Waals surface area contributed by atoms with Crippen molar-refractivity contribution in [2.45, 2.75) is 34.6 Å². The average molecular weight is 261 g/mol. The molecule has 0 aromatic carbocycles. The third kappa shape index (κ3) is 3.72. The molecule has 4 heteroatoms. The lowest BCUT2D eigenvalue weighted by Crippen LogP contribution is -2.16. The van der Waals surface area contributed by atoms with Gasteiger partial charge in [-0.05, 0) is 26.0 Å². The maximum atomic E-state index is 11.7. The predicted molar refractivity (Wildman–Crippen MR) is 71.7 cm³/mol. The van der Waals surface area contributed by atoms with Gasteiger partial charge in [-0.3, -0.25) is 0 Å². The van der Waals surface area contributed by atoms with E-state index in [0.29, 0.717) is 11.3 Å². The first-order valence-electron chi connectivity index (χ1n) is 6.19. The van der Waals surface area contributed by atoms with Crippen LogP contribution >= 0.6 is 0 Å². The Kier molecular flexibility index (Phi) is 4.55. The zero-order valence-electron chi connectivity index (χ0n) is 12.0. The Balaban J connectivity index is 3.29. The van der Waals surface area contributed by atoms with E-state index in [-0.39, 0.29) is 17.6 Å². The summed E-state index contributed by atoms with van der Waals surface area (Å²) in [7, 11) is 0. The molecule has 0 bridgehead atoms. The molecule has 0 saturated carbocycles. The van der Waals surface area contributed by atoms with Crippen LogP contribution < -0.4 is 0 Å². The minimum atomic E-state index is -0.601. The van der Waals surface area contributed by atoms with E-state index in [9.17, 15) is 4.79 Å².